The standard InChI is InChI=1S/C19H21N3O5/c1-3-13(2)14-4-7-17(8-5-14)27-12-19(24)21-20-11-15-10-16(23)6-9-18(15)22(25)26/h4-11,13,23H,3,12H2,1-2H3,(H,21,24)/p-1/b20-11+/t13-/m1/s1. The fourth-order valence-electron chi connectivity index (χ4n) is 2.29. The van der Waals surface area contributed by atoms with Crippen molar-refractivity contribution in [2.75, 3.05) is 6.61 Å². The maximum absolute atomic E-state index is 11.8. The van der Waals surface area contributed by atoms with E-state index in [1.54, 1.807) is 12.1 Å². The molecule has 27 heavy (non-hydrogen) atoms. The number of nitro groups is 1. The second-order valence-corrected chi connectivity index (χ2v) is 5.94. The molecule has 1 atom stereocenters. The van der Waals surface area contributed by atoms with Crippen LogP contribution in [0.3, 0.4) is 0 Å². The topological polar surface area (TPSA) is 117 Å². The fraction of sp³-hybridized carbons (Fsp3) is 0.263. The summed E-state index contributed by atoms with van der Waals surface area (Å²) in [6.07, 6.45) is 2.09. The summed E-state index contributed by atoms with van der Waals surface area (Å²) >= 11 is 0. The molecular formula is C19H20N3O5-. The highest BCUT2D eigenvalue weighted by Crippen LogP contribution is 2.21. The van der Waals surface area contributed by atoms with Crippen molar-refractivity contribution in [3.63, 3.8) is 0 Å². The SMILES string of the molecule is CC[C@@H](C)c1ccc(OCC(=O)N/N=C/c2cc([O-])ccc2[N+](=O)[O-])cc1. The minimum absolute atomic E-state index is 0.00866. The summed E-state index contributed by atoms with van der Waals surface area (Å²) in [5, 5.41) is 25.9. The van der Waals surface area contributed by atoms with Gasteiger partial charge in [0.1, 0.15) is 5.75 Å². The number of nitrogens with zero attached hydrogens (tertiary/aromatic N) is 2. The highest BCUT2D eigenvalue weighted by atomic mass is 16.6. The van der Waals surface area contributed by atoms with Gasteiger partial charge in [-0.15, -0.1) is 5.75 Å². The molecular weight excluding hydrogens is 350 g/mol. The molecule has 0 aromatic heterocycles. The van der Waals surface area contributed by atoms with Crippen LogP contribution >= 0.6 is 0 Å². The Balaban J connectivity index is 1.89. The molecule has 8 nitrogen and oxygen atoms in total. The molecule has 0 radical (unpaired) electrons. The van der Waals surface area contributed by atoms with Crippen LogP contribution in [-0.2, 0) is 4.79 Å². The number of hydrogen-bond donors (Lipinski definition) is 1. The van der Waals surface area contributed by atoms with Crippen LogP contribution in [0.2, 0.25) is 0 Å². The third-order valence-electron chi connectivity index (χ3n) is 4.02. The van der Waals surface area contributed by atoms with Gasteiger partial charge in [-0.1, -0.05) is 38.1 Å². The number of rotatable bonds is 8. The summed E-state index contributed by atoms with van der Waals surface area (Å²) in [7, 11) is 0. The molecule has 0 aliphatic rings. The van der Waals surface area contributed by atoms with Crippen molar-refractivity contribution in [3.8, 4) is 11.5 Å². The molecule has 2 aromatic carbocycles. The van der Waals surface area contributed by atoms with Gasteiger partial charge in [0.15, 0.2) is 6.61 Å². The van der Waals surface area contributed by atoms with Gasteiger partial charge in [-0.05, 0) is 30.0 Å². The average molecular weight is 370 g/mol. The van der Waals surface area contributed by atoms with Gasteiger partial charge < -0.3 is 9.84 Å². The van der Waals surface area contributed by atoms with Crippen molar-refractivity contribution in [1.29, 1.82) is 0 Å². The normalized spacial score (nSPS) is 11.9. The Morgan fingerprint density at radius 1 is 1.30 bits per heavy atom. The third-order valence-corrected chi connectivity index (χ3v) is 4.02. The summed E-state index contributed by atoms with van der Waals surface area (Å²) in [5.74, 6) is 0.0833. The van der Waals surface area contributed by atoms with Crippen LogP contribution in [0, 0.1) is 10.1 Å². The molecule has 8 heteroatoms. The Morgan fingerprint density at radius 3 is 2.63 bits per heavy atom. The summed E-state index contributed by atoms with van der Waals surface area (Å²) in [6.45, 7) is 3.99. The van der Waals surface area contributed by atoms with E-state index in [0.29, 0.717) is 11.7 Å². The lowest BCUT2D eigenvalue weighted by molar-refractivity contribution is -0.385. The van der Waals surface area contributed by atoms with Gasteiger partial charge in [-0.3, -0.25) is 14.9 Å². The van der Waals surface area contributed by atoms with Crippen LogP contribution in [0.25, 0.3) is 0 Å². The van der Waals surface area contributed by atoms with Crippen LogP contribution in [0.15, 0.2) is 47.6 Å². The summed E-state index contributed by atoms with van der Waals surface area (Å²) in [5.41, 5.74) is 3.14. The quantitative estimate of drug-likeness (QED) is 0.435. The molecule has 0 spiro atoms. The zero-order valence-corrected chi connectivity index (χ0v) is 15.0. The lowest BCUT2D eigenvalue weighted by Gasteiger charge is -2.10. The number of hydrogen-bond acceptors (Lipinski definition) is 6. The molecule has 1 N–H and O–H groups in total. The number of amides is 1. The minimum Gasteiger partial charge on any atom is -0.872 e. The van der Waals surface area contributed by atoms with Crippen LogP contribution in [0.4, 0.5) is 5.69 Å². The maximum atomic E-state index is 11.8. The van der Waals surface area contributed by atoms with Gasteiger partial charge in [-0.25, -0.2) is 5.43 Å². The lowest BCUT2D eigenvalue weighted by atomic mass is 9.99. The first kappa shape index (κ1) is 19.9. The predicted molar refractivity (Wildman–Crippen MR) is 98.9 cm³/mol. The van der Waals surface area contributed by atoms with Gasteiger partial charge in [0, 0.05) is 6.07 Å². The maximum Gasteiger partial charge on any atom is 0.278 e. The number of carbonyl (C=O) groups is 1. The first-order valence-corrected chi connectivity index (χ1v) is 8.40. The van der Waals surface area contributed by atoms with Crippen LogP contribution in [-0.4, -0.2) is 23.7 Å². The van der Waals surface area contributed by atoms with Gasteiger partial charge in [0.2, 0.25) is 0 Å². The number of hydrazone groups is 1. The van der Waals surface area contributed by atoms with E-state index in [1.165, 1.54) is 5.56 Å². The van der Waals surface area contributed by atoms with E-state index in [-0.39, 0.29) is 17.9 Å². The van der Waals surface area contributed by atoms with E-state index in [0.717, 1.165) is 30.8 Å². The zero-order valence-electron chi connectivity index (χ0n) is 15.0. The lowest BCUT2D eigenvalue weighted by Crippen LogP contribution is -2.24. The van der Waals surface area contributed by atoms with Gasteiger partial charge in [-0.2, -0.15) is 5.10 Å². The summed E-state index contributed by atoms with van der Waals surface area (Å²) in [4.78, 5) is 22.0. The van der Waals surface area contributed by atoms with E-state index in [2.05, 4.69) is 24.4 Å². The number of nitrogens with one attached hydrogen (secondary N) is 1. The third kappa shape index (κ3) is 5.81. The number of carbonyl (C=O) groups excluding carboxylic acids is 1. The number of ether oxygens (including phenoxy) is 1. The Labute approximate surface area is 156 Å². The van der Waals surface area contributed by atoms with Crippen molar-refractivity contribution in [3.05, 3.63) is 63.7 Å². The van der Waals surface area contributed by atoms with Crippen LogP contribution in [0.5, 0.6) is 11.5 Å². The highest BCUT2D eigenvalue weighted by Gasteiger charge is 2.11. The molecule has 0 heterocycles. The first-order valence-electron chi connectivity index (χ1n) is 8.40. The Bertz CT molecular complexity index is 834. The van der Waals surface area contributed by atoms with Crippen molar-refractivity contribution in [2.24, 2.45) is 5.10 Å². The van der Waals surface area contributed by atoms with Crippen molar-refractivity contribution in [1.82, 2.24) is 5.43 Å². The Kier molecular flexibility index (Phi) is 6.87. The molecule has 0 saturated heterocycles. The Morgan fingerprint density at radius 2 is 2.00 bits per heavy atom. The average Bonchev–Trinajstić information content (AvgIpc) is 2.66. The zero-order chi connectivity index (χ0) is 19.8. The van der Waals surface area contributed by atoms with Crippen LogP contribution < -0.4 is 15.3 Å². The summed E-state index contributed by atoms with van der Waals surface area (Å²) in [6, 6.07) is 10.8. The second-order valence-electron chi connectivity index (χ2n) is 5.94. The van der Waals surface area contributed by atoms with Gasteiger partial charge in [0.25, 0.3) is 11.6 Å². The molecule has 0 aliphatic heterocycles. The molecule has 1 amide bonds. The molecule has 0 saturated carbocycles. The van der Waals surface area contributed by atoms with Crippen molar-refractivity contribution >= 4 is 17.8 Å². The van der Waals surface area contributed by atoms with Crippen LogP contribution in [0.1, 0.15) is 37.3 Å². The molecule has 2 rings (SSSR count). The van der Waals surface area contributed by atoms with Gasteiger partial charge >= 0.3 is 0 Å². The predicted octanol–water partition coefficient (Wildman–Crippen LogP) is 2.71. The van der Waals surface area contributed by atoms with E-state index < -0.39 is 16.6 Å². The number of nitro benzene ring substituents is 1. The minimum atomic E-state index is -0.630. The van der Waals surface area contributed by atoms with Gasteiger partial charge in [0.05, 0.1) is 16.7 Å². The van der Waals surface area contributed by atoms with Crippen molar-refractivity contribution < 1.29 is 19.6 Å². The van der Waals surface area contributed by atoms with Crippen molar-refractivity contribution in [2.45, 2.75) is 26.2 Å². The van der Waals surface area contributed by atoms with E-state index in [4.69, 9.17) is 4.74 Å². The van der Waals surface area contributed by atoms with E-state index >= 15 is 0 Å². The van der Waals surface area contributed by atoms with E-state index in [9.17, 15) is 20.0 Å². The molecule has 142 valence electrons. The van der Waals surface area contributed by atoms with E-state index in [1.807, 2.05) is 12.1 Å². The first-order chi connectivity index (χ1) is 12.9. The molecule has 0 bridgehead atoms. The molecule has 0 aliphatic carbocycles. The smallest absolute Gasteiger partial charge is 0.278 e. The highest BCUT2D eigenvalue weighted by molar-refractivity contribution is 5.87. The second kappa shape index (κ2) is 9.33. The molecule has 0 unspecified atom stereocenters. The fourth-order valence-corrected chi connectivity index (χ4v) is 2.29. The Hall–Kier alpha value is -3.42. The summed E-state index contributed by atoms with van der Waals surface area (Å²) < 4.78 is 5.38. The molecule has 0 fully saturated rings. The number of benzene rings is 2. The largest absolute Gasteiger partial charge is 0.872 e. The molecule has 2 aromatic rings. The monoisotopic (exact) mass is 370 g/mol.